The molecule has 0 radical (unpaired) electrons. The van der Waals surface area contributed by atoms with E-state index in [2.05, 4.69) is 58.9 Å². The van der Waals surface area contributed by atoms with Crippen molar-refractivity contribution in [2.24, 2.45) is 5.92 Å². The topological polar surface area (TPSA) is 0 Å². The second kappa shape index (κ2) is 12.7. The summed E-state index contributed by atoms with van der Waals surface area (Å²) in [6.07, 6.45) is 6.98. The van der Waals surface area contributed by atoms with Crippen LogP contribution >= 0.6 is 0 Å². The molecule has 0 fully saturated rings. The Bertz CT molecular complexity index is 237. The smallest absolute Gasteiger partial charge is 0.0398 e. The van der Waals surface area contributed by atoms with Crippen LogP contribution in [0.5, 0.6) is 0 Å². The Balaban J connectivity index is 0. The van der Waals surface area contributed by atoms with Gasteiger partial charge < -0.3 is 0 Å². The van der Waals surface area contributed by atoms with Gasteiger partial charge in [-0.2, -0.15) is 0 Å². The monoisotopic (exact) mass is 250 g/mol. The highest BCUT2D eigenvalue weighted by atomic mass is 14.0. The van der Waals surface area contributed by atoms with E-state index in [1.807, 2.05) is 0 Å². The summed E-state index contributed by atoms with van der Waals surface area (Å²) in [5.41, 5.74) is 2.66. The number of hydrogen-bond donors (Lipinski definition) is 0. The predicted molar refractivity (Wildman–Crippen MR) is 86.2 cm³/mol. The van der Waals surface area contributed by atoms with Gasteiger partial charge in [-0.15, -0.1) is 0 Å². The fourth-order valence-electron chi connectivity index (χ4n) is 1.83. The van der Waals surface area contributed by atoms with Crippen LogP contribution in [-0.4, -0.2) is 0 Å². The quantitative estimate of drug-likeness (QED) is 0.555. The molecule has 0 saturated heterocycles. The second-order valence-electron chi connectivity index (χ2n) is 5.19. The van der Waals surface area contributed by atoms with Gasteiger partial charge in [0.1, 0.15) is 0 Å². The van der Waals surface area contributed by atoms with Gasteiger partial charge in [-0.25, -0.2) is 0 Å². The molecule has 1 rings (SSSR count). The minimum atomic E-state index is 0. The number of aryl methyl sites for hydroxylation is 2. The standard InChI is InChI=1S/C9H20.C8H10.CH4/c1-4-6-8-9(3)7-5-2;1-7-3-5-8(2)6-4-7;/h9H,4-8H2,1-3H3;3-6H,1-2H3;1H4. The highest BCUT2D eigenvalue weighted by Crippen LogP contribution is 2.12. The second-order valence-corrected chi connectivity index (χ2v) is 5.19. The van der Waals surface area contributed by atoms with Crippen LogP contribution in [0.4, 0.5) is 0 Å². The first-order valence-corrected chi connectivity index (χ1v) is 7.13. The van der Waals surface area contributed by atoms with Crippen LogP contribution in [0, 0.1) is 19.8 Å². The maximum Gasteiger partial charge on any atom is -0.0398 e. The van der Waals surface area contributed by atoms with Crippen molar-refractivity contribution >= 4 is 0 Å². The minimum Gasteiger partial charge on any atom is -0.0776 e. The summed E-state index contributed by atoms with van der Waals surface area (Å²) in [6.45, 7) is 11.1. The fraction of sp³-hybridized carbons (Fsp3) is 0.667. The molecule has 0 heteroatoms. The van der Waals surface area contributed by atoms with Gasteiger partial charge in [0.2, 0.25) is 0 Å². The summed E-state index contributed by atoms with van der Waals surface area (Å²) in [4.78, 5) is 0. The van der Waals surface area contributed by atoms with Gasteiger partial charge in [0.05, 0.1) is 0 Å². The third-order valence-electron chi connectivity index (χ3n) is 3.05. The van der Waals surface area contributed by atoms with Crippen molar-refractivity contribution in [2.45, 2.75) is 74.1 Å². The fourth-order valence-corrected chi connectivity index (χ4v) is 1.83. The van der Waals surface area contributed by atoms with Crippen molar-refractivity contribution < 1.29 is 0 Å². The SMILES string of the molecule is C.CCCCC(C)CCC.Cc1ccc(C)cc1. The Hall–Kier alpha value is -0.780. The first-order chi connectivity index (χ1) is 8.10. The molecule has 0 saturated carbocycles. The summed E-state index contributed by atoms with van der Waals surface area (Å²) in [5, 5.41) is 0. The number of rotatable bonds is 5. The van der Waals surface area contributed by atoms with E-state index in [9.17, 15) is 0 Å². The van der Waals surface area contributed by atoms with E-state index >= 15 is 0 Å². The minimum absolute atomic E-state index is 0. The van der Waals surface area contributed by atoms with Crippen LogP contribution in [0.2, 0.25) is 0 Å². The number of hydrogen-bond acceptors (Lipinski definition) is 0. The van der Waals surface area contributed by atoms with E-state index in [0.717, 1.165) is 5.92 Å². The summed E-state index contributed by atoms with van der Waals surface area (Å²) < 4.78 is 0. The molecule has 0 amide bonds. The normalized spacial score (nSPS) is 10.9. The Labute approximate surface area is 116 Å². The van der Waals surface area contributed by atoms with E-state index in [1.165, 1.54) is 43.2 Å². The Morgan fingerprint density at radius 3 is 1.61 bits per heavy atom. The third-order valence-corrected chi connectivity index (χ3v) is 3.05. The summed E-state index contributed by atoms with van der Waals surface area (Å²) in [7, 11) is 0. The Morgan fingerprint density at radius 2 is 1.28 bits per heavy atom. The van der Waals surface area contributed by atoms with Gasteiger partial charge in [-0.05, 0) is 19.8 Å². The van der Waals surface area contributed by atoms with Gasteiger partial charge in [-0.1, -0.05) is 95.7 Å². The number of benzene rings is 1. The number of unbranched alkanes of at least 4 members (excludes halogenated alkanes) is 1. The molecule has 1 atom stereocenters. The molecule has 1 aromatic rings. The summed E-state index contributed by atoms with van der Waals surface area (Å²) in [5.74, 6) is 0.968. The van der Waals surface area contributed by atoms with Crippen LogP contribution in [0.3, 0.4) is 0 Å². The van der Waals surface area contributed by atoms with Crippen molar-refractivity contribution in [3.63, 3.8) is 0 Å². The van der Waals surface area contributed by atoms with E-state index in [0.29, 0.717) is 0 Å². The summed E-state index contributed by atoms with van der Waals surface area (Å²) >= 11 is 0. The zero-order valence-corrected chi connectivity index (χ0v) is 12.4. The lowest BCUT2D eigenvalue weighted by molar-refractivity contribution is 0.466. The van der Waals surface area contributed by atoms with Gasteiger partial charge in [0.15, 0.2) is 0 Å². The average Bonchev–Trinajstić information content (AvgIpc) is 2.32. The molecule has 0 heterocycles. The predicted octanol–water partition coefficient (Wildman–Crippen LogP) is 6.55. The molecule has 0 aromatic heterocycles. The Kier molecular flexibility index (Phi) is 13.8. The van der Waals surface area contributed by atoms with Gasteiger partial charge in [0.25, 0.3) is 0 Å². The lowest BCUT2D eigenvalue weighted by Crippen LogP contribution is -1.92. The molecule has 106 valence electrons. The lowest BCUT2D eigenvalue weighted by atomic mass is 10.00. The zero-order chi connectivity index (χ0) is 13.1. The highest BCUT2D eigenvalue weighted by molar-refractivity contribution is 5.19. The maximum absolute atomic E-state index is 2.36. The molecule has 0 aliphatic rings. The van der Waals surface area contributed by atoms with Crippen LogP contribution in [0.25, 0.3) is 0 Å². The zero-order valence-electron chi connectivity index (χ0n) is 12.4. The van der Waals surface area contributed by atoms with E-state index in [1.54, 1.807) is 0 Å². The third kappa shape index (κ3) is 11.7. The average molecular weight is 250 g/mol. The highest BCUT2D eigenvalue weighted by Gasteiger charge is 1.97. The molecule has 1 aromatic carbocycles. The van der Waals surface area contributed by atoms with E-state index in [-0.39, 0.29) is 7.43 Å². The van der Waals surface area contributed by atoms with Crippen molar-refractivity contribution in [2.75, 3.05) is 0 Å². The molecule has 1 unspecified atom stereocenters. The van der Waals surface area contributed by atoms with E-state index < -0.39 is 0 Å². The van der Waals surface area contributed by atoms with Crippen molar-refractivity contribution in [3.05, 3.63) is 35.4 Å². The maximum atomic E-state index is 2.36. The van der Waals surface area contributed by atoms with Crippen LogP contribution in [0.1, 0.15) is 71.4 Å². The molecule has 18 heavy (non-hydrogen) atoms. The largest absolute Gasteiger partial charge is 0.0776 e. The van der Waals surface area contributed by atoms with Gasteiger partial charge in [0, 0.05) is 0 Å². The molecule has 0 aliphatic heterocycles. The van der Waals surface area contributed by atoms with Crippen LogP contribution in [0.15, 0.2) is 24.3 Å². The lowest BCUT2D eigenvalue weighted by Gasteiger charge is -2.07. The van der Waals surface area contributed by atoms with Crippen molar-refractivity contribution in [1.82, 2.24) is 0 Å². The van der Waals surface area contributed by atoms with Crippen LogP contribution < -0.4 is 0 Å². The molecular formula is C18H34. The van der Waals surface area contributed by atoms with Gasteiger partial charge >= 0.3 is 0 Å². The molecule has 0 aliphatic carbocycles. The molecule has 0 spiro atoms. The molecule has 0 N–H and O–H groups in total. The van der Waals surface area contributed by atoms with Crippen molar-refractivity contribution in [3.8, 4) is 0 Å². The first-order valence-electron chi connectivity index (χ1n) is 7.13. The Morgan fingerprint density at radius 1 is 0.833 bits per heavy atom. The van der Waals surface area contributed by atoms with Crippen molar-refractivity contribution in [1.29, 1.82) is 0 Å². The van der Waals surface area contributed by atoms with Gasteiger partial charge in [-0.3, -0.25) is 0 Å². The summed E-state index contributed by atoms with van der Waals surface area (Å²) in [6, 6.07) is 8.48. The molecule has 0 nitrogen and oxygen atoms in total. The van der Waals surface area contributed by atoms with E-state index in [4.69, 9.17) is 0 Å². The molecular weight excluding hydrogens is 216 g/mol. The first kappa shape index (κ1) is 19.6. The van der Waals surface area contributed by atoms with Crippen LogP contribution in [-0.2, 0) is 0 Å². The molecule has 0 bridgehead atoms.